The van der Waals surface area contributed by atoms with E-state index < -0.39 is 0 Å². The predicted octanol–water partition coefficient (Wildman–Crippen LogP) is 1.02. The van der Waals surface area contributed by atoms with Crippen molar-refractivity contribution in [3.63, 3.8) is 0 Å². The predicted molar refractivity (Wildman–Crippen MR) is 71.7 cm³/mol. The second-order valence-electron chi connectivity index (χ2n) is 4.99. The molecule has 0 radical (unpaired) electrons. The third-order valence-corrected chi connectivity index (χ3v) is 3.86. The van der Waals surface area contributed by atoms with Crippen LogP contribution in [0.2, 0.25) is 0 Å². The summed E-state index contributed by atoms with van der Waals surface area (Å²) in [6.45, 7) is 1.82. The number of carbonyl (C=O) groups is 1. The molecule has 0 bridgehead atoms. The minimum Gasteiger partial charge on any atom is -0.369 e. The molecule has 4 N–H and O–H groups in total. The third-order valence-electron chi connectivity index (χ3n) is 3.86. The largest absolute Gasteiger partial charge is 0.369 e. The normalized spacial score (nSPS) is 19.3. The van der Waals surface area contributed by atoms with Gasteiger partial charge in [-0.1, -0.05) is 18.2 Å². The molecule has 1 aromatic carbocycles. The first-order valence-corrected chi connectivity index (χ1v) is 6.61. The first-order chi connectivity index (χ1) is 9.13. The molecule has 1 heterocycles. The summed E-state index contributed by atoms with van der Waals surface area (Å²) in [5.41, 5.74) is 11.7. The molecular formula is C14H20FN3O. The smallest absolute Gasteiger partial charge is 0.220 e. The molecule has 1 saturated heterocycles. The van der Waals surface area contributed by atoms with Crippen molar-refractivity contribution in [1.29, 1.82) is 0 Å². The van der Waals surface area contributed by atoms with Crippen LogP contribution in [0.4, 0.5) is 4.39 Å². The number of primary amides is 1. The summed E-state index contributed by atoms with van der Waals surface area (Å²) in [5, 5.41) is 0. The molecule has 1 aliphatic rings. The summed E-state index contributed by atoms with van der Waals surface area (Å²) in [6, 6.07) is 6.58. The fourth-order valence-corrected chi connectivity index (χ4v) is 2.71. The average molecular weight is 265 g/mol. The zero-order chi connectivity index (χ0) is 13.8. The Morgan fingerprint density at radius 1 is 1.37 bits per heavy atom. The van der Waals surface area contributed by atoms with Crippen LogP contribution in [0.3, 0.4) is 0 Å². The summed E-state index contributed by atoms with van der Waals surface area (Å²) in [5.74, 6) is -0.528. The second-order valence-corrected chi connectivity index (χ2v) is 4.99. The van der Waals surface area contributed by atoms with Crippen LogP contribution in [-0.2, 0) is 4.79 Å². The van der Waals surface area contributed by atoms with Crippen molar-refractivity contribution in [2.75, 3.05) is 19.6 Å². The first-order valence-electron chi connectivity index (χ1n) is 6.61. The van der Waals surface area contributed by atoms with Gasteiger partial charge in [0, 0.05) is 24.1 Å². The van der Waals surface area contributed by atoms with E-state index in [4.69, 9.17) is 11.5 Å². The van der Waals surface area contributed by atoms with Crippen molar-refractivity contribution in [3.05, 3.63) is 35.6 Å². The Labute approximate surface area is 112 Å². The number of carbonyl (C=O) groups excluding carboxylic acids is 1. The van der Waals surface area contributed by atoms with Gasteiger partial charge in [0.05, 0.1) is 0 Å². The lowest BCUT2D eigenvalue weighted by Crippen LogP contribution is -2.42. The molecule has 0 aromatic heterocycles. The number of hydrogen-bond donors (Lipinski definition) is 2. The van der Waals surface area contributed by atoms with Gasteiger partial charge in [0.15, 0.2) is 0 Å². The van der Waals surface area contributed by atoms with Crippen LogP contribution in [0.25, 0.3) is 0 Å². The van der Waals surface area contributed by atoms with Gasteiger partial charge in [0.2, 0.25) is 5.91 Å². The summed E-state index contributed by atoms with van der Waals surface area (Å²) < 4.78 is 13.8. The molecule has 104 valence electrons. The fraction of sp³-hybridized carbons (Fsp3) is 0.500. The highest BCUT2D eigenvalue weighted by Gasteiger charge is 2.28. The van der Waals surface area contributed by atoms with Crippen LogP contribution < -0.4 is 11.5 Å². The highest BCUT2D eigenvalue weighted by Crippen LogP contribution is 2.27. The second kappa shape index (κ2) is 6.12. The number of halogens is 1. The molecule has 1 fully saturated rings. The fourth-order valence-electron chi connectivity index (χ4n) is 2.71. The molecule has 4 nitrogen and oxygen atoms in total. The summed E-state index contributed by atoms with van der Waals surface area (Å²) in [6.07, 6.45) is 1.45. The number of rotatable bonds is 4. The summed E-state index contributed by atoms with van der Waals surface area (Å²) in [7, 11) is 0. The topological polar surface area (TPSA) is 72.3 Å². The van der Waals surface area contributed by atoms with Crippen LogP contribution in [0.15, 0.2) is 24.3 Å². The first kappa shape index (κ1) is 14.0. The van der Waals surface area contributed by atoms with Gasteiger partial charge in [0.1, 0.15) is 5.82 Å². The molecular weight excluding hydrogens is 245 g/mol. The SMILES string of the molecule is NCC(c1ccccc1F)N1CCC(C(N)=O)CC1. The highest BCUT2D eigenvalue weighted by atomic mass is 19.1. The number of hydrogen-bond acceptors (Lipinski definition) is 3. The maximum Gasteiger partial charge on any atom is 0.220 e. The Morgan fingerprint density at radius 2 is 2.00 bits per heavy atom. The van der Waals surface area contributed by atoms with Crippen LogP contribution in [0.5, 0.6) is 0 Å². The van der Waals surface area contributed by atoms with E-state index in [1.807, 2.05) is 6.07 Å². The quantitative estimate of drug-likeness (QED) is 0.854. The molecule has 1 aliphatic heterocycles. The molecule has 0 aliphatic carbocycles. The molecule has 1 aromatic rings. The van der Waals surface area contributed by atoms with Crippen LogP contribution >= 0.6 is 0 Å². The van der Waals surface area contributed by atoms with Crippen molar-refractivity contribution < 1.29 is 9.18 Å². The van der Waals surface area contributed by atoms with E-state index in [-0.39, 0.29) is 23.7 Å². The van der Waals surface area contributed by atoms with Gasteiger partial charge in [-0.15, -0.1) is 0 Å². The molecule has 1 atom stereocenters. The van der Waals surface area contributed by atoms with Gasteiger partial charge < -0.3 is 11.5 Å². The summed E-state index contributed by atoms with van der Waals surface area (Å²) >= 11 is 0. The number of piperidine rings is 1. The minimum atomic E-state index is -0.241. The van der Waals surface area contributed by atoms with Crippen molar-refractivity contribution in [3.8, 4) is 0 Å². The van der Waals surface area contributed by atoms with Gasteiger partial charge in [0.25, 0.3) is 0 Å². The maximum atomic E-state index is 13.8. The van der Waals surface area contributed by atoms with Crippen molar-refractivity contribution in [1.82, 2.24) is 4.90 Å². The lowest BCUT2D eigenvalue weighted by Gasteiger charge is -2.36. The van der Waals surface area contributed by atoms with Crippen molar-refractivity contribution in [2.24, 2.45) is 17.4 Å². The Kier molecular flexibility index (Phi) is 4.50. The number of nitrogens with zero attached hydrogens (tertiary/aromatic N) is 1. The van der Waals surface area contributed by atoms with E-state index in [1.54, 1.807) is 12.1 Å². The number of benzene rings is 1. The number of amides is 1. The molecule has 0 spiro atoms. The Bertz CT molecular complexity index is 444. The van der Waals surface area contributed by atoms with Crippen LogP contribution in [0.1, 0.15) is 24.4 Å². The van der Waals surface area contributed by atoms with Crippen LogP contribution in [-0.4, -0.2) is 30.4 Å². The van der Waals surface area contributed by atoms with Crippen molar-refractivity contribution in [2.45, 2.75) is 18.9 Å². The zero-order valence-electron chi connectivity index (χ0n) is 10.9. The van der Waals surface area contributed by atoms with Gasteiger partial charge >= 0.3 is 0 Å². The van der Waals surface area contributed by atoms with E-state index in [9.17, 15) is 9.18 Å². The van der Waals surface area contributed by atoms with E-state index in [0.717, 1.165) is 25.9 Å². The minimum absolute atomic E-state index is 0.0599. The molecule has 5 heteroatoms. The van der Waals surface area contributed by atoms with E-state index in [2.05, 4.69) is 4.90 Å². The van der Waals surface area contributed by atoms with E-state index in [0.29, 0.717) is 12.1 Å². The van der Waals surface area contributed by atoms with E-state index >= 15 is 0 Å². The monoisotopic (exact) mass is 265 g/mol. The van der Waals surface area contributed by atoms with Crippen LogP contribution in [0, 0.1) is 11.7 Å². The Morgan fingerprint density at radius 3 is 2.53 bits per heavy atom. The molecule has 2 rings (SSSR count). The third kappa shape index (κ3) is 3.11. The van der Waals surface area contributed by atoms with Gasteiger partial charge in [-0.25, -0.2) is 4.39 Å². The maximum absolute atomic E-state index is 13.8. The number of nitrogens with two attached hydrogens (primary N) is 2. The molecule has 0 saturated carbocycles. The Hall–Kier alpha value is -1.46. The Balaban J connectivity index is 2.08. The van der Waals surface area contributed by atoms with Gasteiger partial charge in [-0.3, -0.25) is 9.69 Å². The number of likely N-dealkylation sites (tertiary alicyclic amines) is 1. The lowest BCUT2D eigenvalue weighted by molar-refractivity contribution is -0.123. The molecule has 19 heavy (non-hydrogen) atoms. The molecule has 1 amide bonds. The van der Waals surface area contributed by atoms with Gasteiger partial charge in [-0.2, -0.15) is 0 Å². The van der Waals surface area contributed by atoms with E-state index in [1.165, 1.54) is 6.07 Å². The zero-order valence-corrected chi connectivity index (χ0v) is 10.9. The molecule has 1 unspecified atom stereocenters. The van der Waals surface area contributed by atoms with Gasteiger partial charge in [-0.05, 0) is 32.0 Å². The lowest BCUT2D eigenvalue weighted by atomic mass is 9.93. The standard InChI is InChI=1S/C14H20FN3O/c15-12-4-2-1-3-11(12)13(9-16)18-7-5-10(6-8-18)14(17)19/h1-4,10,13H,5-9,16H2,(H2,17,19). The van der Waals surface area contributed by atoms with Crippen molar-refractivity contribution >= 4 is 5.91 Å². The average Bonchev–Trinajstić information content (AvgIpc) is 2.42. The summed E-state index contributed by atoms with van der Waals surface area (Å²) in [4.78, 5) is 13.3. The highest BCUT2D eigenvalue weighted by molar-refractivity contribution is 5.76.